The third-order valence-electron chi connectivity index (χ3n) is 1.10. The van der Waals surface area contributed by atoms with Crippen LogP contribution < -0.4 is 0 Å². The number of thioether (sulfide) groups is 1. The molecule has 1 heterocycles. The highest BCUT2D eigenvalue weighted by atomic mass is 32.2. The number of halogens is 3. The van der Waals surface area contributed by atoms with E-state index in [0.717, 1.165) is 4.68 Å². The summed E-state index contributed by atoms with van der Waals surface area (Å²) in [7, 11) is 0. The van der Waals surface area contributed by atoms with Crippen molar-refractivity contribution in [3.05, 3.63) is 0 Å². The van der Waals surface area contributed by atoms with Gasteiger partial charge in [0.05, 0.1) is 0 Å². The van der Waals surface area contributed by atoms with Crippen molar-refractivity contribution in [2.45, 2.75) is 24.8 Å². The summed E-state index contributed by atoms with van der Waals surface area (Å²) in [5, 5.41) is 10.1. The molecule has 4 nitrogen and oxygen atoms in total. The fourth-order valence-electron chi connectivity index (χ4n) is 0.698. The van der Waals surface area contributed by atoms with Crippen LogP contribution in [0.2, 0.25) is 0 Å². The lowest BCUT2D eigenvalue weighted by Gasteiger charge is -2.06. The van der Waals surface area contributed by atoms with Crippen LogP contribution in [0.3, 0.4) is 0 Å². The Hall–Kier alpha value is -0.790. The highest BCUT2D eigenvalue weighted by Crippen LogP contribution is 2.20. The molecule has 13 heavy (non-hydrogen) atoms. The molecule has 8 heteroatoms. The van der Waals surface area contributed by atoms with E-state index in [9.17, 15) is 13.2 Å². The maximum absolute atomic E-state index is 11.9. The lowest BCUT2D eigenvalue weighted by Crippen LogP contribution is -2.19. The second kappa shape index (κ2) is 3.95. The topological polar surface area (TPSA) is 43.6 Å². The molecule has 0 amide bonds. The molecule has 1 rings (SSSR count). The number of nitrogens with zero attached hydrogens (tertiary/aromatic N) is 4. The number of hydrogen-bond donors (Lipinski definition) is 0. The first-order valence-electron chi connectivity index (χ1n) is 3.48. The number of rotatable bonds is 3. The monoisotopic (exact) mass is 212 g/mol. The van der Waals surface area contributed by atoms with Crippen molar-refractivity contribution < 1.29 is 13.2 Å². The first kappa shape index (κ1) is 10.3. The molecule has 0 aliphatic rings. The Labute approximate surface area is 76.5 Å². The summed E-state index contributed by atoms with van der Waals surface area (Å²) < 4.78 is 36.5. The first-order chi connectivity index (χ1) is 6.03. The van der Waals surface area contributed by atoms with Crippen LogP contribution in [0, 0.1) is 0 Å². The molecule has 0 N–H and O–H groups in total. The highest BCUT2D eigenvalue weighted by Gasteiger charge is 2.30. The van der Waals surface area contributed by atoms with Crippen LogP contribution in [-0.2, 0) is 6.54 Å². The highest BCUT2D eigenvalue weighted by molar-refractivity contribution is 7.99. The Morgan fingerprint density at radius 3 is 2.69 bits per heavy atom. The predicted molar refractivity (Wildman–Crippen MR) is 40.3 cm³/mol. The molecule has 0 aliphatic heterocycles. The second-order valence-corrected chi connectivity index (χ2v) is 3.40. The van der Waals surface area contributed by atoms with Gasteiger partial charge in [-0.15, -0.1) is 5.10 Å². The quantitative estimate of drug-likeness (QED) is 0.709. The molecule has 0 spiro atoms. The minimum absolute atomic E-state index is 0.194. The molecule has 0 saturated heterocycles. The fraction of sp³-hybridized carbons (Fsp3) is 0.800. The van der Waals surface area contributed by atoms with Crippen molar-refractivity contribution in [2.24, 2.45) is 0 Å². The van der Waals surface area contributed by atoms with Crippen molar-refractivity contribution in [2.75, 3.05) is 5.75 Å². The van der Waals surface area contributed by atoms with E-state index in [1.165, 1.54) is 11.8 Å². The van der Waals surface area contributed by atoms with Gasteiger partial charge in [-0.25, -0.2) is 4.68 Å². The van der Waals surface area contributed by atoms with Gasteiger partial charge in [-0.2, -0.15) is 13.2 Å². The molecular formula is C5H7F3N4S. The average molecular weight is 212 g/mol. The maximum Gasteiger partial charge on any atom is 0.408 e. The molecular weight excluding hydrogens is 205 g/mol. The standard InChI is InChI=1S/C5H7F3N4S/c1-2-13-4-9-10-11-12(4)3-5(6,7)8/h2-3H2,1H3. The Balaban J connectivity index is 2.70. The van der Waals surface area contributed by atoms with Gasteiger partial charge in [-0.1, -0.05) is 18.7 Å². The Kier molecular flexibility index (Phi) is 3.12. The second-order valence-electron chi connectivity index (χ2n) is 2.17. The molecule has 0 unspecified atom stereocenters. The molecule has 0 radical (unpaired) electrons. The molecule has 1 aromatic rings. The summed E-state index contributed by atoms with van der Waals surface area (Å²) >= 11 is 1.18. The van der Waals surface area contributed by atoms with Gasteiger partial charge in [0.2, 0.25) is 5.16 Å². The third-order valence-corrected chi connectivity index (χ3v) is 1.94. The molecule has 74 valence electrons. The van der Waals surface area contributed by atoms with Crippen LogP contribution in [0.25, 0.3) is 0 Å². The van der Waals surface area contributed by atoms with E-state index in [1.807, 2.05) is 6.92 Å². The van der Waals surface area contributed by atoms with Crippen molar-refractivity contribution in [3.8, 4) is 0 Å². The smallest absolute Gasteiger partial charge is 0.211 e. The lowest BCUT2D eigenvalue weighted by molar-refractivity contribution is -0.144. The number of alkyl halides is 3. The SMILES string of the molecule is CCSc1nnnn1CC(F)(F)F. The lowest BCUT2D eigenvalue weighted by atomic mass is 10.6. The van der Waals surface area contributed by atoms with Gasteiger partial charge in [0, 0.05) is 0 Å². The molecule has 0 atom stereocenters. The van der Waals surface area contributed by atoms with Crippen LogP contribution in [0.15, 0.2) is 5.16 Å². The number of hydrogen-bond acceptors (Lipinski definition) is 4. The zero-order valence-electron chi connectivity index (χ0n) is 6.75. The number of tetrazole rings is 1. The summed E-state index contributed by atoms with van der Waals surface area (Å²) in [4.78, 5) is 0. The molecule has 0 saturated carbocycles. The molecule has 0 aromatic carbocycles. The van der Waals surface area contributed by atoms with E-state index in [1.54, 1.807) is 0 Å². The van der Waals surface area contributed by atoms with Gasteiger partial charge in [-0.3, -0.25) is 0 Å². The van der Waals surface area contributed by atoms with Gasteiger partial charge < -0.3 is 0 Å². The van der Waals surface area contributed by atoms with Crippen LogP contribution in [0.1, 0.15) is 6.92 Å². The molecule has 0 aliphatic carbocycles. The van der Waals surface area contributed by atoms with Gasteiger partial charge in [0.15, 0.2) is 0 Å². The molecule has 1 aromatic heterocycles. The average Bonchev–Trinajstić information content (AvgIpc) is 2.34. The van der Waals surface area contributed by atoms with Gasteiger partial charge >= 0.3 is 6.18 Å². The molecule has 0 bridgehead atoms. The van der Waals surface area contributed by atoms with Gasteiger partial charge in [0.25, 0.3) is 0 Å². The third kappa shape index (κ3) is 3.21. The van der Waals surface area contributed by atoms with E-state index in [2.05, 4.69) is 15.5 Å². The van der Waals surface area contributed by atoms with Crippen molar-refractivity contribution in [1.29, 1.82) is 0 Å². The normalized spacial score (nSPS) is 12.0. The molecule has 0 fully saturated rings. The summed E-state index contributed by atoms with van der Waals surface area (Å²) in [6.07, 6.45) is -4.28. The van der Waals surface area contributed by atoms with Crippen LogP contribution >= 0.6 is 11.8 Å². The Morgan fingerprint density at radius 1 is 1.46 bits per heavy atom. The van der Waals surface area contributed by atoms with E-state index < -0.39 is 12.7 Å². The minimum Gasteiger partial charge on any atom is -0.211 e. The van der Waals surface area contributed by atoms with Crippen LogP contribution in [-0.4, -0.2) is 32.1 Å². The van der Waals surface area contributed by atoms with E-state index in [4.69, 9.17) is 0 Å². The van der Waals surface area contributed by atoms with Gasteiger partial charge in [0.1, 0.15) is 6.54 Å². The minimum atomic E-state index is -4.28. The van der Waals surface area contributed by atoms with E-state index in [-0.39, 0.29) is 5.16 Å². The largest absolute Gasteiger partial charge is 0.408 e. The van der Waals surface area contributed by atoms with Gasteiger partial charge in [-0.05, 0) is 16.2 Å². The Bertz CT molecular complexity index is 271. The first-order valence-corrected chi connectivity index (χ1v) is 4.47. The van der Waals surface area contributed by atoms with Crippen molar-refractivity contribution >= 4 is 11.8 Å². The zero-order chi connectivity index (χ0) is 9.90. The van der Waals surface area contributed by atoms with Crippen LogP contribution in [0.4, 0.5) is 13.2 Å². The van der Waals surface area contributed by atoms with Crippen molar-refractivity contribution in [1.82, 2.24) is 20.2 Å². The van der Waals surface area contributed by atoms with E-state index in [0.29, 0.717) is 5.75 Å². The van der Waals surface area contributed by atoms with Crippen molar-refractivity contribution in [3.63, 3.8) is 0 Å². The zero-order valence-corrected chi connectivity index (χ0v) is 7.56. The Morgan fingerprint density at radius 2 is 2.15 bits per heavy atom. The van der Waals surface area contributed by atoms with E-state index >= 15 is 0 Å². The number of aromatic nitrogens is 4. The summed E-state index contributed by atoms with van der Waals surface area (Å²) in [5.41, 5.74) is 0. The summed E-state index contributed by atoms with van der Waals surface area (Å²) in [5.74, 6) is 0.637. The maximum atomic E-state index is 11.9. The predicted octanol–water partition coefficient (Wildman–Crippen LogP) is 1.35. The summed E-state index contributed by atoms with van der Waals surface area (Å²) in [6, 6.07) is 0. The summed E-state index contributed by atoms with van der Waals surface area (Å²) in [6.45, 7) is 0.680. The van der Waals surface area contributed by atoms with Crippen LogP contribution in [0.5, 0.6) is 0 Å². The fourth-order valence-corrected chi connectivity index (χ4v) is 1.30.